The fourth-order valence-corrected chi connectivity index (χ4v) is 3.74. The average molecular weight is 318 g/mol. The van der Waals surface area contributed by atoms with Gasteiger partial charge in [0.15, 0.2) is 0 Å². The summed E-state index contributed by atoms with van der Waals surface area (Å²) in [6.45, 7) is 1.42. The van der Waals surface area contributed by atoms with Crippen molar-refractivity contribution < 1.29 is 13.9 Å². The number of ether oxygens (including phenoxy) is 1. The zero-order valence-corrected chi connectivity index (χ0v) is 13.2. The first-order valence-corrected chi connectivity index (χ1v) is 8.27. The Kier molecular flexibility index (Phi) is 4.68. The van der Waals surface area contributed by atoms with Gasteiger partial charge < -0.3 is 14.1 Å². The van der Waals surface area contributed by atoms with E-state index in [9.17, 15) is 4.79 Å². The van der Waals surface area contributed by atoms with E-state index in [0.717, 1.165) is 24.5 Å². The first-order chi connectivity index (χ1) is 10.8. The molecule has 2 aromatic heterocycles. The van der Waals surface area contributed by atoms with Crippen molar-refractivity contribution >= 4 is 17.7 Å². The van der Waals surface area contributed by atoms with E-state index in [4.69, 9.17) is 9.15 Å². The maximum absolute atomic E-state index is 12.7. The molecular weight excluding hydrogens is 300 g/mol. The van der Waals surface area contributed by atoms with Crippen LogP contribution in [-0.4, -0.2) is 41.7 Å². The fourth-order valence-electron chi connectivity index (χ4n) is 2.56. The Morgan fingerprint density at radius 3 is 3.09 bits per heavy atom. The minimum absolute atomic E-state index is 0.0226. The predicted octanol–water partition coefficient (Wildman–Crippen LogP) is 3.00. The van der Waals surface area contributed by atoms with Gasteiger partial charge in [-0.15, -0.1) is 11.8 Å². The van der Waals surface area contributed by atoms with Crippen LogP contribution in [0.15, 0.2) is 41.1 Å². The van der Waals surface area contributed by atoms with Gasteiger partial charge in [-0.1, -0.05) is 0 Å². The maximum Gasteiger partial charge on any atom is 0.259 e. The Morgan fingerprint density at radius 1 is 1.41 bits per heavy atom. The number of amides is 1. The molecule has 1 unspecified atom stereocenters. The summed E-state index contributed by atoms with van der Waals surface area (Å²) < 4.78 is 10.7. The molecule has 0 aromatic carbocycles. The van der Waals surface area contributed by atoms with Crippen molar-refractivity contribution in [3.63, 3.8) is 0 Å². The number of carbonyl (C=O) groups excluding carboxylic acids is 1. The first-order valence-electron chi connectivity index (χ1n) is 7.23. The quantitative estimate of drug-likeness (QED) is 0.871. The second-order valence-electron chi connectivity index (χ2n) is 5.02. The van der Waals surface area contributed by atoms with Crippen LogP contribution in [0.4, 0.5) is 0 Å². The van der Waals surface area contributed by atoms with E-state index in [1.807, 2.05) is 28.8 Å². The van der Waals surface area contributed by atoms with E-state index in [2.05, 4.69) is 4.98 Å². The average Bonchev–Trinajstić information content (AvgIpc) is 2.99. The molecule has 0 aliphatic carbocycles. The summed E-state index contributed by atoms with van der Waals surface area (Å²) >= 11 is 1.83. The molecule has 0 spiro atoms. The van der Waals surface area contributed by atoms with E-state index in [1.165, 1.54) is 7.11 Å². The van der Waals surface area contributed by atoms with E-state index < -0.39 is 0 Å². The van der Waals surface area contributed by atoms with Gasteiger partial charge in [-0.05, 0) is 30.7 Å². The van der Waals surface area contributed by atoms with Crippen LogP contribution < -0.4 is 4.74 Å². The molecule has 1 amide bonds. The summed E-state index contributed by atoms with van der Waals surface area (Å²) in [5, 5.41) is 0.309. The van der Waals surface area contributed by atoms with Crippen LogP contribution in [0.2, 0.25) is 0 Å². The molecule has 5 nitrogen and oxygen atoms in total. The molecule has 0 bridgehead atoms. The summed E-state index contributed by atoms with van der Waals surface area (Å²) in [7, 11) is 1.53. The van der Waals surface area contributed by atoms with E-state index in [1.54, 1.807) is 24.6 Å². The second-order valence-corrected chi connectivity index (χ2v) is 6.33. The van der Waals surface area contributed by atoms with Crippen molar-refractivity contribution in [3.8, 4) is 5.88 Å². The zero-order valence-electron chi connectivity index (χ0n) is 12.4. The molecule has 2 aromatic rings. The Labute approximate surface area is 133 Å². The fraction of sp³-hybridized carbons (Fsp3) is 0.375. The summed E-state index contributed by atoms with van der Waals surface area (Å²) in [5.41, 5.74) is 0.520. The van der Waals surface area contributed by atoms with Crippen LogP contribution in [0.1, 0.15) is 27.8 Å². The van der Waals surface area contributed by atoms with Gasteiger partial charge in [0.05, 0.1) is 18.6 Å². The third-order valence-corrected chi connectivity index (χ3v) is 4.97. The first kappa shape index (κ1) is 15.0. The molecule has 1 aliphatic heterocycles. The molecule has 1 atom stereocenters. The summed E-state index contributed by atoms with van der Waals surface area (Å²) in [5.74, 6) is 2.23. The van der Waals surface area contributed by atoms with Crippen LogP contribution >= 0.6 is 11.8 Å². The van der Waals surface area contributed by atoms with Crippen LogP contribution in [0.5, 0.6) is 5.88 Å². The number of methoxy groups -OCH3 is 1. The van der Waals surface area contributed by atoms with Gasteiger partial charge in [0.25, 0.3) is 5.91 Å². The van der Waals surface area contributed by atoms with Crippen molar-refractivity contribution in [1.29, 1.82) is 0 Å². The third kappa shape index (κ3) is 3.11. The lowest BCUT2D eigenvalue weighted by atomic mass is 10.2. The highest BCUT2D eigenvalue weighted by Crippen LogP contribution is 2.35. The van der Waals surface area contributed by atoms with Crippen LogP contribution in [0.3, 0.4) is 0 Å². The highest BCUT2D eigenvalue weighted by Gasteiger charge is 2.25. The van der Waals surface area contributed by atoms with Crippen molar-refractivity contribution in [2.75, 3.05) is 26.0 Å². The molecule has 6 heteroatoms. The van der Waals surface area contributed by atoms with Crippen molar-refractivity contribution in [3.05, 3.63) is 48.0 Å². The van der Waals surface area contributed by atoms with Gasteiger partial charge in [-0.25, -0.2) is 4.98 Å². The zero-order chi connectivity index (χ0) is 15.4. The number of hydrogen-bond acceptors (Lipinski definition) is 5. The number of carbonyl (C=O) groups is 1. The van der Waals surface area contributed by atoms with Gasteiger partial charge in [0.2, 0.25) is 5.88 Å². The van der Waals surface area contributed by atoms with E-state index in [-0.39, 0.29) is 5.91 Å². The van der Waals surface area contributed by atoms with Crippen LogP contribution in [0, 0.1) is 0 Å². The Morgan fingerprint density at radius 2 is 2.32 bits per heavy atom. The lowest BCUT2D eigenvalue weighted by molar-refractivity contribution is 0.0762. The summed E-state index contributed by atoms with van der Waals surface area (Å²) in [4.78, 5) is 18.7. The molecule has 0 saturated carbocycles. The summed E-state index contributed by atoms with van der Waals surface area (Å²) in [6.07, 6.45) is 4.21. The van der Waals surface area contributed by atoms with Gasteiger partial charge in [0, 0.05) is 25.0 Å². The highest BCUT2D eigenvalue weighted by atomic mass is 32.2. The van der Waals surface area contributed by atoms with Crippen LogP contribution in [-0.2, 0) is 0 Å². The molecule has 3 rings (SSSR count). The van der Waals surface area contributed by atoms with E-state index in [0.29, 0.717) is 23.2 Å². The highest BCUT2D eigenvalue weighted by molar-refractivity contribution is 7.99. The number of nitrogens with zero attached hydrogens (tertiary/aromatic N) is 2. The lowest BCUT2D eigenvalue weighted by Gasteiger charge is -2.20. The molecule has 116 valence electrons. The Bertz CT molecular complexity index is 630. The third-order valence-electron chi connectivity index (χ3n) is 3.68. The minimum Gasteiger partial charge on any atom is -0.480 e. The largest absolute Gasteiger partial charge is 0.480 e. The van der Waals surface area contributed by atoms with Crippen molar-refractivity contribution in [1.82, 2.24) is 9.88 Å². The number of furan rings is 1. The van der Waals surface area contributed by atoms with Crippen molar-refractivity contribution in [2.45, 2.75) is 11.7 Å². The molecule has 1 saturated heterocycles. The molecule has 0 radical (unpaired) electrons. The van der Waals surface area contributed by atoms with Gasteiger partial charge in [-0.2, -0.15) is 0 Å². The minimum atomic E-state index is -0.0226. The smallest absolute Gasteiger partial charge is 0.259 e. The Balaban J connectivity index is 1.71. The molecule has 0 N–H and O–H groups in total. The van der Waals surface area contributed by atoms with Crippen molar-refractivity contribution in [2.24, 2.45) is 0 Å². The second kappa shape index (κ2) is 6.87. The normalized spacial score (nSPS) is 18.8. The topological polar surface area (TPSA) is 55.6 Å². The number of aromatic nitrogens is 1. The Hall–Kier alpha value is -1.95. The van der Waals surface area contributed by atoms with E-state index >= 15 is 0 Å². The monoisotopic (exact) mass is 318 g/mol. The molecule has 1 fully saturated rings. The molecular formula is C16H18N2O3S. The number of pyridine rings is 1. The molecule has 22 heavy (non-hydrogen) atoms. The summed E-state index contributed by atoms with van der Waals surface area (Å²) in [6, 6.07) is 7.42. The van der Waals surface area contributed by atoms with Gasteiger partial charge in [-0.3, -0.25) is 4.79 Å². The maximum atomic E-state index is 12.7. The number of hydrogen-bond donors (Lipinski definition) is 0. The SMILES string of the molecule is COc1ncccc1C(=O)N1CCSC(c2ccco2)CC1. The van der Waals surface area contributed by atoms with Gasteiger partial charge in [0.1, 0.15) is 11.3 Å². The predicted molar refractivity (Wildman–Crippen MR) is 85.2 cm³/mol. The number of rotatable bonds is 3. The molecule has 1 aliphatic rings. The number of thioether (sulfide) groups is 1. The molecule has 3 heterocycles. The standard InChI is InChI=1S/C16H18N2O3S/c1-20-15-12(4-2-7-17-15)16(19)18-8-6-14(22-11-9-18)13-5-3-10-21-13/h2-5,7,10,14H,6,8-9,11H2,1H3. The lowest BCUT2D eigenvalue weighted by Crippen LogP contribution is -2.33. The van der Waals surface area contributed by atoms with Crippen LogP contribution in [0.25, 0.3) is 0 Å². The van der Waals surface area contributed by atoms with Gasteiger partial charge >= 0.3 is 0 Å².